The Morgan fingerprint density at radius 1 is 1.65 bits per heavy atom. The van der Waals surface area contributed by atoms with Crippen molar-refractivity contribution in [1.29, 1.82) is 0 Å². The number of hydrogen-bond acceptors (Lipinski definition) is 3. The van der Waals surface area contributed by atoms with Crippen LogP contribution in [0.5, 0.6) is 5.75 Å². The first-order chi connectivity index (χ1) is 7.88. The monoisotopic (exact) mass is 309 g/mol. The van der Waals surface area contributed by atoms with Gasteiger partial charge in [0, 0.05) is 6.04 Å². The number of halogens is 3. The molecule has 0 spiro atoms. The van der Waals surface area contributed by atoms with Crippen molar-refractivity contribution < 1.29 is 23.4 Å². The molecule has 0 saturated carbocycles. The van der Waals surface area contributed by atoms with Crippen molar-refractivity contribution in [3.8, 4) is 5.75 Å². The van der Waals surface area contributed by atoms with Gasteiger partial charge in [0.25, 0.3) is 0 Å². The van der Waals surface area contributed by atoms with E-state index >= 15 is 0 Å². The van der Waals surface area contributed by atoms with Crippen molar-refractivity contribution in [3.05, 3.63) is 27.7 Å². The van der Waals surface area contributed by atoms with Crippen molar-refractivity contribution >= 4 is 21.9 Å². The Balaban J connectivity index is 3.33. The van der Waals surface area contributed by atoms with Crippen LogP contribution in [-0.4, -0.2) is 18.2 Å². The molecule has 0 heterocycles. The third-order valence-corrected chi connectivity index (χ3v) is 2.71. The molecule has 1 atom stereocenters. The lowest BCUT2D eigenvalue weighted by Gasteiger charge is -2.16. The summed E-state index contributed by atoms with van der Waals surface area (Å²) in [6.07, 6.45) is -0.525. The number of nitrogens with two attached hydrogens (primary N) is 1. The fourth-order valence-corrected chi connectivity index (χ4v) is 1.84. The SMILES string of the molecule is COc1c(F)cc(Br)c(F)c1C(N)CC(=O)O. The molecule has 4 nitrogen and oxygen atoms in total. The van der Waals surface area contributed by atoms with Crippen LogP contribution in [0.3, 0.4) is 0 Å². The maximum absolute atomic E-state index is 13.8. The quantitative estimate of drug-likeness (QED) is 0.836. The van der Waals surface area contributed by atoms with Gasteiger partial charge in [-0.15, -0.1) is 0 Å². The van der Waals surface area contributed by atoms with Crippen LogP contribution < -0.4 is 10.5 Å². The van der Waals surface area contributed by atoms with Crippen molar-refractivity contribution in [2.45, 2.75) is 12.5 Å². The zero-order valence-electron chi connectivity index (χ0n) is 8.84. The number of methoxy groups -OCH3 is 1. The zero-order valence-corrected chi connectivity index (χ0v) is 10.4. The third kappa shape index (κ3) is 2.92. The number of ether oxygens (including phenoxy) is 1. The summed E-state index contributed by atoms with van der Waals surface area (Å²) in [5, 5.41) is 8.59. The first-order valence-electron chi connectivity index (χ1n) is 4.57. The molecule has 1 unspecified atom stereocenters. The highest BCUT2D eigenvalue weighted by atomic mass is 79.9. The number of carboxylic acids is 1. The fourth-order valence-electron chi connectivity index (χ4n) is 1.43. The van der Waals surface area contributed by atoms with Crippen molar-refractivity contribution in [3.63, 3.8) is 0 Å². The van der Waals surface area contributed by atoms with Crippen molar-refractivity contribution in [1.82, 2.24) is 0 Å². The summed E-state index contributed by atoms with van der Waals surface area (Å²) < 4.78 is 31.8. The minimum atomic E-state index is -1.21. The van der Waals surface area contributed by atoms with Gasteiger partial charge in [-0.3, -0.25) is 4.79 Å². The van der Waals surface area contributed by atoms with Crippen LogP contribution >= 0.6 is 15.9 Å². The maximum atomic E-state index is 13.8. The highest BCUT2D eigenvalue weighted by molar-refractivity contribution is 9.10. The molecule has 7 heteroatoms. The largest absolute Gasteiger partial charge is 0.493 e. The van der Waals surface area contributed by atoms with Crippen LogP contribution in [0.4, 0.5) is 8.78 Å². The minimum absolute atomic E-state index is 0.133. The van der Waals surface area contributed by atoms with Gasteiger partial charge < -0.3 is 15.6 Å². The van der Waals surface area contributed by atoms with E-state index in [1.165, 1.54) is 0 Å². The van der Waals surface area contributed by atoms with E-state index in [1.54, 1.807) is 0 Å². The molecule has 1 rings (SSSR count). The lowest BCUT2D eigenvalue weighted by molar-refractivity contribution is -0.137. The van der Waals surface area contributed by atoms with E-state index in [-0.39, 0.29) is 15.8 Å². The fraction of sp³-hybridized carbons (Fsp3) is 0.300. The summed E-state index contributed by atoms with van der Waals surface area (Å²) in [6.45, 7) is 0. The topological polar surface area (TPSA) is 72.5 Å². The summed E-state index contributed by atoms with van der Waals surface area (Å²) in [6, 6.07) is -0.292. The van der Waals surface area contributed by atoms with Crippen LogP contribution in [0.25, 0.3) is 0 Å². The predicted octanol–water partition coefficient (Wildman–Crippen LogP) is 2.21. The number of rotatable bonds is 4. The highest BCUT2D eigenvalue weighted by Crippen LogP contribution is 2.35. The number of carboxylic acid groups (broad SMARTS) is 1. The van der Waals surface area contributed by atoms with E-state index < -0.39 is 30.1 Å². The van der Waals surface area contributed by atoms with Crippen molar-refractivity contribution in [2.24, 2.45) is 5.73 Å². The van der Waals surface area contributed by atoms with Crippen molar-refractivity contribution in [2.75, 3.05) is 7.11 Å². The number of carbonyl (C=O) groups is 1. The second-order valence-electron chi connectivity index (χ2n) is 3.31. The number of benzene rings is 1. The van der Waals surface area contributed by atoms with Gasteiger partial charge in [0.15, 0.2) is 11.6 Å². The molecule has 0 aliphatic rings. The smallest absolute Gasteiger partial charge is 0.305 e. The molecule has 0 aliphatic heterocycles. The van der Waals surface area contributed by atoms with E-state index in [4.69, 9.17) is 15.6 Å². The van der Waals surface area contributed by atoms with Crippen LogP contribution in [0, 0.1) is 11.6 Å². The Morgan fingerprint density at radius 2 is 2.24 bits per heavy atom. The van der Waals surface area contributed by atoms with Gasteiger partial charge >= 0.3 is 5.97 Å². The molecule has 0 bridgehead atoms. The van der Waals surface area contributed by atoms with E-state index in [0.29, 0.717) is 0 Å². The first kappa shape index (κ1) is 13.9. The molecule has 0 aromatic heterocycles. The van der Waals surface area contributed by atoms with Crippen LogP contribution in [0.1, 0.15) is 18.0 Å². The van der Waals surface area contributed by atoms with Gasteiger partial charge in [-0.2, -0.15) is 0 Å². The molecule has 0 amide bonds. The Bertz CT molecular complexity index is 454. The number of hydrogen-bond donors (Lipinski definition) is 2. The molecule has 17 heavy (non-hydrogen) atoms. The van der Waals surface area contributed by atoms with Crippen LogP contribution in [-0.2, 0) is 4.79 Å². The minimum Gasteiger partial charge on any atom is -0.493 e. The Hall–Kier alpha value is -1.21. The van der Waals surface area contributed by atoms with Gasteiger partial charge in [-0.1, -0.05) is 0 Å². The molecule has 94 valence electrons. The summed E-state index contributed by atoms with van der Waals surface area (Å²) in [5.74, 6) is -3.22. The van der Waals surface area contributed by atoms with Gasteiger partial charge in [0.1, 0.15) is 5.82 Å². The van der Waals surface area contributed by atoms with E-state index in [1.807, 2.05) is 0 Å². The van der Waals surface area contributed by atoms with Gasteiger partial charge in [-0.05, 0) is 22.0 Å². The normalized spacial score (nSPS) is 12.3. The van der Waals surface area contributed by atoms with Gasteiger partial charge in [-0.25, -0.2) is 8.78 Å². The molecular formula is C10H10BrF2NO3. The molecule has 0 fully saturated rings. The Kier molecular flexibility index (Phi) is 4.41. The van der Waals surface area contributed by atoms with E-state index in [0.717, 1.165) is 13.2 Å². The molecule has 0 radical (unpaired) electrons. The van der Waals surface area contributed by atoms with Crippen LogP contribution in [0.15, 0.2) is 10.5 Å². The molecule has 0 saturated heterocycles. The Morgan fingerprint density at radius 3 is 2.71 bits per heavy atom. The van der Waals surface area contributed by atoms with Gasteiger partial charge in [0.05, 0.1) is 23.6 Å². The maximum Gasteiger partial charge on any atom is 0.305 e. The summed E-state index contributed by atoms with van der Waals surface area (Å²) in [4.78, 5) is 10.5. The van der Waals surface area contributed by atoms with E-state index in [9.17, 15) is 13.6 Å². The first-order valence-corrected chi connectivity index (χ1v) is 5.36. The second-order valence-corrected chi connectivity index (χ2v) is 4.16. The molecule has 1 aromatic carbocycles. The zero-order chi connectivity index (χ0) is 13.2. The summed E-state index contributed by atoms with van der Waals surface area (Å²) in [7, 11) is 1.16. The molecule has 0 aliphatic carbocycles. The van der Waals surface area contributed by atoms with Crippen LogP contribution in [0.2, 0.25) is 0 Å². The summed E-state index contributed by atoms with van der Waals surface area (Å²) >= 11 is 2.82. The average molecular weight is 310 g/mol. The standard InChI is InChI=1S/C10H10BrF2NO3/c1-17-10-5(12)2-4(11)9(13)8(10)6(14)3-7(15)16/h2,6H,3,14H2,1H3,(H,15,16). The molecular weight excluding hydrogens is 300 g/mol. The lowest BCUT2D eigenvalue weighted by Crippen LogP contribution is -2.18. The van der Waals surface area contributed by atoms with E-state index in [2.05, 4.69) is 15.9 Å². The predicted molar refractivity (Wildman–Crippen MR) is 59.8 cm³/mol. The molecule has 3 N–H and O–H groups in total. The molecule has 1 aromatic rings. The second kappa shape index (κ2) is 5.42. The summed E-state index contributed by atoms with van der Waals surface area (Å²) in [5.41, 5.74) is 5.23. The lowest BCUT2D eigenvalue weighted by atomic mass is 10.0. The number of aliphatic carboxylic acids is 1. The van der Waals surface area contributed by atoms with Gasteiger partial charge in [0.2, 0.25) is 0 Å². The highest BCUT2D eigenvalue weighted by Gasteiger charge is 2.24. The third-order valence-electron chi connectivity index (χ3n) is 2.13. The average Bonchev–Trinajstić information content (AvgIpc) is 2.21. The Labute approximate surface area is 104 Å².